The molecule has 0 saturated carbocycles. The molecule has 0 aliphatic rings. The summed E-state index contributed by atoms with van der Waals surface area (Å²) in [4.78, 5) is 36.6. The van der Waals surface area contributed by atoms with Gasteiger partial charge in [-0.15, -0.1) is 6.42 Å². The van der Waals surface area contributed by atoms with Crippen LogP contribution in [0.3, 0.4) is 0 Å². The Hall–Kier alpha value is -3.48. The number of hydrogen-bond donors (Lipinski definition) is 0. The molecule has 140 valence electrons. The van der Waals surface area contributed by atoms with Crippen LogP contribution in [0.25, 0.3) is 16.8 Å². The summed E-state index contributed by atoms with van der Waals surface area (Å²) in [6.07, 6.45) is 5.18. The Bertz CT molecular complexity index is 1260. The van der Waals surface area contributed by atoms with E-state index in [1.165, 1.54) is 6.92 Å². The fourth-order valence-corrected chi connectivity index (χ4v) is 2.79. The molecule has 0 saturated heterocycles. The number of hydrogen-bond acceptors (Lipinski definition) is 4. The molecule has 1 aromatic carbocycles. The van der Waals surface area contributed by atoms with Gasteiger partial charge in [0.15, 0.2) is 11.4 Å². The highest BCUT2D eigenvalue weighted by Gasteiger charge is 2.21. The number of halogens is 3. The van der Waals surface area contributed by atoms with Gasteiger partial charge in [0.05, 0.1) is 17.7 Å². The Kier molecular flexibility index (Phi) is 4.53. The Morgan fingerprint density at radius 1 is 1.22 bits per heavy atom. The molecular formula is C17H12F3N3O4. The van der Waals surface area contributed by atoms with Crippen molar-refractivity contribution in [3.05, 3.63) is 61.1 Å². The van der Waals surface area contributed by atoms with Crippen LogP contribution in [0, 0.1) is 18.2 Å². The molecule has 2 aromatic heterocycles. The first-order valence-electron chi connectivity index (χ1n) is 7.72. The van der Waals surface area contributed by atoms with Crippen molar-refractivity contribution in [1.29, 1.82) is 0 Å². The van der Waals surface area contributed by atoms with E-state index in [9.17, 15) is 27.6 Å². The Labute approximate surface area is 148 Å². The molecule has 3 aromatic rings. The Morgan fingerprint density at radius 2 is 1.93 bits per heavy atom. The molecule has 0 spiro atoms. The van der Waals surface area contributed by atoms with E-state index in [0.29, 0.717) is 0 Å². The number of fused-ring (bicyclic) bond motifs is 1. The van der Waals surface area contributed by atoms with Crippen molar-refractivity contribution in [1.82, 2.24) is 13.7 Å². The summed E-state index contributed by atoms with van der Waals surface area (Å²) in [6, 6.07) is 2.60. The van der Waals surface area contributed by atoms with Crippen molar-refractivity contribution in [2.45, 2.75) is 26.4 Å². The molecule has 0 unspecified atom stereocenters. The second-order valence-electron chi connectivity index (χ2n) is 5.52. The Balaban J connectivity index is 2.41. The predicted octanol–water partition coefficient (Wildman–Crippen LogP) is 1.64. The second kappa shape index (κ2) is 6.68. The minimum absolute atomic E-state index is 0.000614. The van der Waals surface area contributed by atoms with Crippen LogP contribution in [0.5, 0.6) is 0 Å². The van der Waals surface area contributed by atoms with Crippen molar-refractivity contribution >= 4 is 11.1 Å². The lowest BCUT2D eigenvalue weighted by atomic mass is 10.2. The van der Waals surface area contributed by atoms with E-state index < -0.39 is 35.1 Å². The molecule has 0 fully saturated rings. The largest absolute Gasteiger partial charge is 0.420 e. The molecule has 10 heteroatoms. The highest BCUT2D eigenvalue weighted by atomic mass is 19.3. The van der Waals surface area contributed by atoms with Crippen LogP contribution in [0.2, 0.25) is 0 Å². The van der Waals surface area contributed by atoms with E-state index in [1.807, 2.05) is 0 Å². The number of nitrogens with zero attached hydrogens (tertiary/aromatic N) is 3. The minimum Gasteiger partial charge on any atom is -0.408 e. The van der Waals surface area contributed by atoms with E-state index >= 15 is 0 Å². The Morgan fingerprint density at radius 3 is 2.52 bits per heavy atom. The van der Waals surface area contributed by atoms with Gasteiger partial charge >= 0.3 is 18.0 Å². The third kappa shape index (κ3) is 2.87. The van der Waals surface area contributed by atoms with Crippen LogP contribution in [-0.2, 0) is 13.0 Å². The molecule has 0 atom stereocenters. The van der Waals surface area contributed by atoms with Gasteiger partial charge in [0.25, 0.3) is 5.56 Å². The highest BCUT2D eigenvalue weighted by Crippen LogP contribution is 2.21. The zero-order valence-corrected chi connectivity index (χ0v) is 13.9. The van der Waals surface area contributed by atoms with Crippen molar-refractivity contribution in [3.8, 4) is 18.0 Å². The standard InChI is InChI=1S/C17H12F3N3O4/c1-3-5-21-12-8-11(10(18)7-13(12)27-17(21)26)23-14(24)6-9(4-2)22(15(19)20)16(23)25/h1,6-8,15H,4-5H2,2H3. The van der Waals surface area contributed by atoms with E-state index in [-0.39, 0.29) is 38.9 Å². The summed E-state index contributed by atoms with van der Waals surface area (Å²) in [7, 11) is 0. The molecular weight excluding hydrogens is 367 g/mol. The zero-order valence-electron chi connectivity index (χ0n) is 13.9. The quantitative estimate of drug-likeness (QED) is 0.646. The summed E-state index contributed by atoms with van der Waals surface area (Å²) in [5, 5.41) is 0. The van der Waals surface area contributed by atoms with Crippen LogP contribution in [-0.4, -0.2) is 13.7 Å². The lowest BCUT2D eigenvalue weighted by molar-refractivity contribution is 0.0607. The van der Waals surface area contributed by atoms with Crippen molar-refractivity contribution in [2.24, 2.45) is 0 Å². The van der Waals surface area contributed by atoms with E-state index in [1.54, 1.807) is 0 Å². The van der Waals surface area contributed by atoms with Gasteiger partial charge in [-0.1, -0.05) is 12.8 Å². The molecule has 0 bridgehead atoms. The smallest absolute Gasteiger partial charge is 0.408 e. The highest BCUT2D eigenvalue weighted by molar-refractivity contribution is 5.76. The zero-order chi connectivity index (χ0) is 19.9. The maximum Gasteiger partial charge on any atom is 0.420 e. The first-order chi connectivity index (χ1) is 12.8. The number of benzene rings is 1. The summed E-state index contributed by atoms with van der Waals surface area (Å²) >= 11 is 0. The summed E-state index contributed by atoms with van der Waals surface area (Å²) in [6.45, 7) is -1.93. The van der Waals surface area contributed by atoms with Crippen molar-refractivity contribution in [3.63, 3.8) is 0 Å². The maximum absolute atomic E-state index is 14.5. The maximum atomic E-state index is 14.5. The van der Waals surface area contributed by atoms with E-state index in [0.717, 1.165) is 22.8 Å². The molecule has 0 aliphatic carbocycles. The van der Waals surface area contributed by atoms with Crippen LogP contribution in [0.15, 0.2) is 37.0 Å². The number of oxazole rings is 1. The van der Waals surface area contributed by atoms with Crippen LogP contribution >= 0.6 is 0 Å². The topological polar surface area (TPSA) is 79.1 Å². The van der Waals surface area contributed by atoms with Gasteiger partial charge in [-0.05, 0) is 12.5 Å². The van der Waals surface area contributed by atoms with Gasteiger partial charge in [0.2, 0.25) is 0 Å². The number of aryl methyl sites for hydroxylation is 1. The third-order valence-electron chi connectivity index (χ3n) is 4.00. The molecule has 27 heavy (non-hydrogen) atoms. The average Bonchev–Trinajstić information content (AvgIpc) is 2.89. The van der Waals surface area contributed by atoms with Gasteiger partial charge < -0.3 is 4.42 Å². The van der Waals surface area contributed by atoms with Crippen molar-refractivity contribution in [2.75, 3.05) is 0 Å². The first kappa shape index (κ1) is 18.3. The first-order valence-corrected chi connectivity index (χ1v) is 7.72. The van der Waals surface area contributed by atoms with E-state index in [4.69, 9.17) is 10.8 Å². The summed E-state index contributed by atoms with van der Waals surface area (Å²) in [5.41, 5.74) is -3.32. The average molecular weight is 379 g/mol. The monoisotopic (exact) mass is 379 g/mol. The number of alkyl halides is 2. The minimum atomic E-state index is -3.22. The number of rotatable bonds is 4. The van der Waals surface area contributed by atoms with Crippen molar-refractivity contribution < 1.29 is 17.6 Å². The fourth-order valence-electron chi connectivity index (χ4n) is 2.79. The fraction of sp³-hybridized carbons (Fsp3) is 0.235. The van der Waals surface area contributed by atoms with Crippen LogP contribution in [0.1, 0.15) is 19.2 Å². The second-order valence-corrected chi connectivity index (χ2v) is 5.52. The molecule has 3 rings (SSSR count). The van der Waals surface area contributed by atoms with Gasteiger partial charge in [0, 0.05) is 17.8 Å². The molecule has 0 N–H and O–H groups in total. The van der Waals surface area contributed by atoms with Gasteiger partial charge in [0.1, 0.15) is 0 Å². The van der Waals surface area contributed by atoms with Gasteiger partial charge in [-0.3, -0.25) is 9.36 Å². The van der Waals surface area contributed by atoms with E-state index in [2.05, 4.69) is 5.92 Å². The number of terminal acetylenes is 1. The summed E-state index contributed by atoms with van der Waals surface area (Å²) < 4.78 is 47.3. The lowest BCUT2D eigenvalue weighted by Crippen LogP contribution is -2.40. The van der Waals surface area contributed by atoms with Crippen LogP contribution < -0.4 is 17.0 Å². The lowest BCUT2D eigenvalue weighted by Gasteiger charge is -2.14. The molecule has 0 amide bonds. The molecule has 0 radical (unpaired) electrons. The van der Waals surface area contributed by atoms with Gasteiger partial charge in [-0.25, -0.2) is 23.1 Å². The normalized spacial score (nSPS) is 11.3. The van der Waals surface area contributed by atoms with Crippen LogP contribution in [0.4, 0.5) is 13.2 Å². The SMILES string of the molecule is C#CCn1c(=O)oc2cc(F)c(-n3c(=O)cc(CC)n(C(F)F)c3=O)cc21. The number of aromatic nitrogens is 3. The molecule has 0 aliphatic heterocycles. The summed E-state index contributed by atoms with van der Waals surface area (Å²) in [5.74, 6) is 0.248. The predicted molar refractivity (Wildman–Crippen MR) is 89.8 cm³/mol. The molecule has 7 nitrogen and oxygen atoms in total. The molecule has 2 heterocycles. The van der Waals surface area contributed by atoms with Gasteiger partial charge in [-0.2, -0.15) is 8.78 Å². The third-order valence-corrected chi connectivity index (χ3v) is 4.00.